The van der Waals surface area contributed by atoms with E-state index in [0.29, 0.717) is 25.9 Å². The standard InChI is InChI=1S/C57H105NO10/c1-3-5-7-9-11-13-14-15-16-17-18-19-20-21-25-29-33-37-41-45-53(62)66-46-42-38-34-30-26-23-22-24-28-32-36-40-44-52(61)58-49(50(60)43-39-35-31-27-12-10-8-6-4-2)48-67-57-56(65)55(64)54(63)51(47-59)68-57/h12,23,26-27,39,43,49-51,54-57,59-60,63-65H,3-11,13-22,24-25,28-38,40-42,44-48H2,1-2H3,(H,58,61)/b26-23-,27-12+,43-39+. The smallest absolute Gasteiger partial charge is 0.305 e. The number of aliphatic hydroxyl groups excluding tert-OH is 5. The van der Waals surface area contributed by atoms with Crippen molar-refractivity contribution in [2.45, 2.75) is 294 Å². The Morgan fingerprint density at radius 3 is 1.49 bits per heavy atom. The normalized spacial score (nSPS) is 19.7. The van der Waals surface area contributed by atoms with Gasteiger partial charge in [-0.25, -0.2) is 0 Å². The largest absolute Gasteiger partial charge is 0.466 e. The Hall–Kier alpha value is -2.12. The van der Waals surface area contributed by atoms with Crippen molar-refractivity contribution in [2.24, 2.45) is 0 Å². The minimum Gasteiger partial charge on any atom is -0.466 e. The maximum Gasteiger partial charge on any atom is 0.305 e. The molecule has 7 unspecified atom stereocenters. The molecule has 0 aromatic heterocycles. The van der Waals surface area contributed by atoms with E-state index in [1.165, 1.54) is 128 Å². The molecule has 7 atom stereocenters. The maximum absolute atomic E-state index is 13.0. The van der Waals surface area contributed by atoms with Crippen LogP contribution in [0.4, 0.5) is 0 Å². The van der Waals surface area contributed by atoms with Crippen molar-refractivity contribution in [3.8, 4) is 0 Å². The van der Waals surface area contributed by atoms with E-state index in [-0.39, 0.29) is 18.5 Å². The van der Waals surface area contributed by atoms with Crippen molar-refractivity contribution in [3.63, 3.8) is 0 Å². The fraction of sp³-hybridized carbons (Fsp3) is 0.860. The molecule has 0 aromatic carbocycles. The predicted octanol–water partition coefficient (Wildman–Crippen LogP) is 12.3. The molecule has 0 spiro atoms. The van der Waals surface area contributed by atoms with Crippen LogP contribution >= 0.6 is 0 Å². The maximum atomic E-state index is 13.0. The average Bonchev–Trinajstić information content (AvgIpc) is 3.33. The van der Waals surface area contributed by atoms with Gasteiger partial charge in [0, 0.05) is 12.8 Å². The zero-order valence-corrected chi connectivity index (χ0v) is 43.6. The van der Waals surface area contributed by atoms with Crippen LogP contribution in [0.1, 0.15) is 251 Å². The molecule has 0 radical (unpaired) electrons. The van der Waals surface area contributed by atoms with E-state index in [2.05, 4.69) is 43.5 Å². The summed E-state index contributed by atoms with van der Waals surface area (Å²) in [6.07, 6.45) is 46.8. The SMILES string of the molecule is CCCCC/C=C/CC/C=C/C(O)C(COC1OC(CO)C(O)C(O)C1O)NC(=O)CCCCCCC/C=C\CCCCCOC(=O)CCCCCCCCCCCCCCCCCCCCC. The molecule has 11 heteroatoms. The number of ether oxygens (including phenoxy) is 3. The summed E-state index contributed by atoms with van der Waals surface area (Å²) in [5.41, 5.74) is 0. The quantitative estimate of drug-likeness (QED) is 0.0196. The molecule has 0 aromatic rings. The lowest BCUT2D eigenvalue weighted by Crippen LogP contribution is -2.60. The van der Waals surface area contributed by atoms with Crippen molar-refractivity contribution in [1.82, 2.24) is 5.32 Å². The Morgan fingerprint density at radius 1 is 0.529 bits per heavy atom. The molecule has 1 aliphatic heterocycles. The number of aliphatic hydroxyl groups is 5. The number of carbonyl (C=O) groups excluding carboxylic acids is 2. The number of hydrogen-bond acceptors (Lipinski definition) is 10. The van der Waals surface area contributed by atoms with Crippen LogP contribution in [0, 0.1) is 0 Å². The van der Waals surface area contributed by atoms with E-state index < -0.39 is 49.5 Å². The zero-order chi connectivity index (χ0) is 49.6. The lowest BCUT2D eigenvalue weighted by molar-refractivity contribution is -0.302. The molecule has 68 heavy (non-hydrogen) atoms. The second-order valence-corrected chi connectivity index (χ2v) is 19.6. The highest BCUT2D eigenvalue weighted by molar-refractivity contribution is 5.76. The van der Waals surface area contributed by atoms with Gasteiger partial charge in [0.2, 0.25) is 5.91 Å². The number of nitrogens with one attached hydrogen (secondary N) is 1. The van der Waals surface area contributed by atoms with Crippen LogP contribution in [0.5, 0.6) is 0 Å². The van der Waals surface area contributed by atoms with E-state index >= 15 is 0 Å². The van der Waals surface area contributed by atoms with Gasteiger partial charge in [0.1, 0.15) is 24.4 Å². The first-order chi connectivity index (χ1) is 33.2. The fourth-order valence-electron chi connectivity index (χ4n) is 8.68. The average molecular weight is 964 g/mol. The van der Waals surface area contributed by atoms with E-state index in [0.717, 1.165) is 89.9 Å². The molecule has 1 fully saturated rings. The van der Waals surface area contributed by atoms with Crippen LogP contribution in [0.3, 0.4) is 0 Å². The number of esters is 1. The highest BCUT2D eigenvalue weighted by Gasteiger charge is 2.44. The first-order valence-electron chi connectivity index (χ1n) is 28.3. The molecular formula is C57H105NO10. The third-order valence-corrected chi connectivity index (χ3v) is 13.2. The topological polar surface area (TPSA) is 175 Å². The molecule has 1 rings (SSSR count). The van der Waals surface area contributed by atoms with Crippen LogP contribution in [0.25, 0.3) is 0 Å². The van der Waals surface area contributed by atoms with Crippen molar-refractivity contribution in [1.29, 1.82) is 0 Å². The van der Waals surface area contributed by atoms with Crippen molar-refractivity contribution in [2.75, 3.05) is 19.8 Å². The summed E-state index contributed by atoms with van der Waals surface area (Å²) in [6, 6.07) is -0.844. The van der Waals surface area contributed by atoms with E-state index in [1.54, 1.807) is 6.08 Å². The summed E-state index contributed by atoms with van der Waals surface area (Å²) >= 11 is 0. The zero-order valence-electron chi connectivity index (χ0n) is 43.6. The minimum atomic E-state index is -1.58. The van der Waals surface area contributed by atoms with E-state index in [9.17, 15) is 35.1 Å². The Morgan fingerprint density at radius 2 is 0.956 bits per heavy atom. The van der Waals surface area contributed by atoms with E-state index in [1.807, 2.05) is 6.08 Å². The molecule has 398 valence electrons. The molecule has 6 N–H and O–H groups in total. The van der Waals surface area contributed by atoms with Gasteiger partial charge < -0.3 is 45.1 Å². The van der Waals surface area contributed by atoms with Gasteiger partial charge in [0.05, 0.1) is 32.0 Å². The summed E-state index contributed by atoms with van der Waals surface area (Å²) < 4.78 is 16.6. The first-order valence-corrected chi connectivity index (χ1v) is 28.3. The lowest BCUT2D eigenvalue weighted by atomic mass is 9.99. The number of allylic oxidation sites excluding steroid dienone is 5. The Bertz CT molecular complexity index is 1230. The summed E-state index contributed by atoms with van der Waals surface area (Å²) in [5.74, 6) is -0.264. The second-order valence-electron chi connectivity index (χ2n) is 19.6. The highest BCUT2D eigenvalue weighted by Crippen LogP contribution is 2.23. The van der Waals surface area contributed by atoms with Crippen molar-refractivity contribution in [3.05, 3.63) is 36.5 Å². The van der Waals surface area contributed by atoms with Gasteiger partial charge in [-0.15, -0.1) is 0 Å². The highest BCUT2D eigenvalue weighted by atomic mass is 16.7. The van der Waals surface area contributed by atoms with Crippen LogP contribution < -0.4 is 5.32 Å². The minimum absolute atomic E-state index is 0.0439. The van der Waals surface area contributed by atoms with Gasteiger partial charge in [-0.1, -0.05) is 198 Å². The molecule has 1 saturated heterocycles. The van der Waals surface area contributed by atoms with Gasteiger partial charge in [-0.3, -0.25) is 9.59 Å². The number of amides is 1. The molecule has 0 saturated carbocycles. The third-order valence-electron chi connectivity index (χ3n) is 13.2. The van der Waals surface area contributed by atoms with E-state index in [4.69, 9.17) is 14.2 Å². The molecule has 1 heterocycles. The Labute approximate surface area is 415 Å². The summed E-state index contributed by atoms with van der Waals surface area (Å²) in [4.78, 5) is 25.1. The second kappa shape index (κ2) is 47.2. The number of hydrogen-bond donors (Lipinski definition) is 6. The van der Waals surface area contributed by atoms with Gasteiger partial charge >= 0.3 is 5.97 Å². The van der Waals surface area contributed by atoms with Gasteiger partial charge in [0.25, 0.3) is 0 Å². The van der Waals surface area contributed by atoms with Crippen LogP contribution in [-0.4, -0.2) is 100 Å². The number of unbranched alkanes of at least 4 members (excludes halogenated alkanes) is 30. The summed E-state index contributed by atoms with van der Waals surface area (Å²) in [7, 11) is 0. The fourth-order valence-corrected chi connectivity index (χ4v) is 8.68. The van der Waals surface area contributed by atoms with Crippen molar-refractivity contribution >= 4 is 11.9 Å². The predicted molar refractivity (Wildman–Crippen MR) is 278 cm³/mol. The Balaban J connectivity index is 2.08. The molecule has 11 nitrogen and oxygen atoms in total. The molecule has 1 amide bonds. The van der Waals surface area contributed by atoms with Gasteiger partial charge in [-0.05, 0) is 77.0 Å². The van der Waals surface area contributed by atoms with Crippen LogP contribution in [0.2, 0.25) is 0 Å². The number of carbonyl (C=O) groups is 2. The summed E-state index contributed by atoms with van der Waals surface area (Å²) in [5, 5.41) is 54.1. The molecular weight excluding hydrogens is 859 g/mol. The molecule has 0 bridgehead atoms. The van der Waals surface area contributed by atoms with Gasteiger partial charge in [0.15, 0.2) is 6.29 Å². The monoisotopic (exact) mass is 964 g/mol. The van der Waals surface area contributed by atoms with Crippen molar-refractivity contribution < 1.29 is 49.3 Å². The van der Waals surface area contributed by atoms with Gasteiger partial charge in [-0.2, -0.15) is 0 Å². The number of rotatable bonds is 48. The van der Waals surface area contributed by atoms with Crippen LogP contribution in [-0.2, 0) is 23.8 Å². The molecule has 1 aliphatic rings. The van der Waals surface area contributed by atoms with Crippen LogP contribution in [0.15, 0.2) is 36.5 Å². The Kier molecular flexibility index (Phi) is 44.4. The molecule has 0 aliphatic carbocycles. The first kappa shape index (κ1) is 63.9. The lowest BCUT2D eigenvalue weighted by Gasteiger charge is -2.40. The summed E-state index contributed by atoms with van der Waals surface area (Å²) in [6.45, 7) is 4.19. The third kappa shape index (κ3) is 36.8.